The quantitative estimate of drug-likeness (QED) is 0.398. The van der Waals surface area contributed by atoms with Gasteiger partial charge in [0.05, 0.1) is 13.2 Å². The molecule has 9 heteroatoms. The summed E-state index contributed by atoms with van der Waals surface area (Å²) >= 11 is 0. The summed E-state index contributed by atoms with van der Waals surface area (Å²) < 4.78 is 52.1. The lowest BCUT2D eigenvalue weighted by molar-refractivity contribution is -0.262. The summed E-state index contributed by atoms with van der Waals surface area (Å²) in [7, 11) is -3.32. The van der Waals surface area contributed by atoms with Gasteiger partial charge in [-0.2, -0.15) is 0 Å². The highest BCUT2D eigenvalue weighted by Gasteiger charge is 2.56. The van der Waals surface area contributed by atoms with Crippen molar-refractivity contribution in [1.82, 2.24) is 0 Å². The Morgan fingerprint density at radius 2 is 1.72 bits per heavy atom. The van der Waals surface area contributed by atoms with Crippen LogP contribution in [0.1, 0.15) is 47.5 Å². The van der Waals surface area contributed by atoms with E-state index in [4.69, 9.17) is 32.7 Å². The van der Waals surface area contributed by atoms with E-state index in [0.29, 0.717) is 6.61 Å². The molecule has 2 heterocycles. The molecule has 2 rings (SSSR count). The number of hydrogen-bond acceptors (Lipinski definition) is 8. The Morgan fingerprint density at radius 3 is 2.32 bits per heavy atom. The van der Waals surface area contributed by atoms with Crippen molar-refractivity contribution in [2.45, 2.75) is 78.0 Å². The molecule has 0 saturated carbocycles. The van der Waals surface area contributed by atoms with Crippen LogP contribution in [0.5, 0.6) is 0 Å². The maximum absolute atomic E-state index is 12.6. The molecule has 0 aromatic carbocycles. The Labute approximate surface area is 149 Å². The van der Waals surface area contributed by atoms with Gasteiger partial charge in [0.15, 0.2) is 24.7 Å². The average molecular weight is 382 g/mol. The predicted molar refractivity (Wildman–Crippen MR) is 90.2 cm³/mol. The highest BCUT2D eigenvalue weighted by molar-refractivity contribution is 7.53. The van der Waals surface area contributed by atoms with Gasteiger partial charge in [-0.25, -0.2) is 0 Å². The molecule has 0 aliphatic carbocycles. The van der Waals surface area contributed by atoms with Gasteiger partial charge in [0.25, 0.3) is 0 Å². The van der Waals surface area contributed by atoms with E-state index in [1.807, 2.05) is 13.8 Å². The molecule has 148 valence electrons. The molecule has 25 heavy (non-hydrogen) atoms. The van der Waals surface area contributed by atoms with E-state index in [9.17, 15) is 4.57 Å². The van der Waals surface area contributed by atoms with Crippen LogP contribution in [-0.2, 0) is 37.3 Å². The predicted octanol–water partition coefficient (Wildman–Crippen LogP) is 3.25. The van der Waals surface area contributed by atoms with Crippen LogP contribution in [0.3, 0.4) is 0 Å². The van der Waals surface area contributed by atoms with Crippen LogP contribution in [0.4, 0.5) is 0 Å². The van der Waals surface area contributed by atoms with Gasteiger partial charge in [-0.05, 0) is 34.1 Å². The van der Waals surface area contributed by atoms with Crippen molar-refractivity contribution in [3.05, 3.63) is 0 Å². The van der Waals surface area contributed by atoms with E-state index in [2.05, 4.69) is 6.92 Å². The zero-order chi connectivity index (χ0) is 18.5. The lowest BCUT2D eigenvalue weighted by Gasteiger charge is -2.27. The second-order valence-corrected chi connectivity index (χ2v) is 8.40. The molecule has 2 fully saturated rings. The van der Waals surface area contributed by atoms with Crippen LogP contribution in [-0.4, -0.2) is 56.7 Å². The van der Waals surface area contributed by atoms with Gasteiger partial charge in [0, 0.05) is 6.61 Å². The first kappa shape index (κ1) is 21.3. The lowest BCUT2D eigenvalue weighted by atomic mass is 10.2. The fourth-order valence-corrected chi connectivity index (χ4v) is 4.13. The molecule has 0 N–H and O–H groups in total. The van der Waals surface area contributed by atoms with E-state index in [0.717, 1.165) is 12.8 Å². The maximum atomic E-state index is 12.6. The van der Waals surface area contributed by atoms with Crippen LogP contribution >= 0.6 is 7.60 Å². The zero-order valence-electron chi connectivity index (χ0n) is 15.8. The third kappa shape index (κ3) is 5.71. The number of ether oxygens (including phenoxy) is 5. The van der Waals surface area contributed by atoms with Gasteiger partial charge in [0.2, 0.25) is 0 Å². The Morgan fingerprint density at radius 1 is 1.04 bits per heavy atom. The fourth-order valence-electron chi connectivity index (χ4n) is 2.79. The van der Waals surface area contributed by atoms with E-state index in [-0.39, 0.29) is 19.6 Å². The highest BCUT2D eigenvalue weighted by atomic mass is 31.2. The second kappa shape index (κ2) is 9.24. The molecule has 0 aromatic rings. The normalized spacial score (nSPS) is 31.4. The van der Waals surface area contributed by atoms with E-state index in [1.165, 1.54) is 0 Å². The van der Waals surface area contributed by atoms with Crippen LogP contribution in [0, 0.1) is 0 Å². The monoisotopic (exact) mass is 382 g/mol. The standard InChI is InChI=1S/C16H31O8P/c1-6-9-10-18-12-13-15(24-16(4,5)23-13)22-14(12)19-11-25(17,20-7-2)21-8-3/h12-15H,6-11H2,1-5H3/t12?,13-,14-,15-/m0/s1. The molecular formula is C16H31O8P. The Kier molecular flexibility index (Phi) is 7.85. The summed E-state index contributed by atoms with van der Waals surface area (Å²) in [5.41, 5.74) is 0. The maximum Gasteiger partial charge on any atom is 0.356 e. The topological polar surface area (TPSA) is 81.7 Å². The van der Waals surface area contributed by atoms with Gasteiger partial charge in [0.1, 0.15) is 12.2 Å². The van der Waals surface area contributed by atoms with Gasteiger partial charge in [-0.15, -0.1) is 0 Å². The Hall–Kier alpha value is -0.0500. The van der Waals surface area contributed by atoms with Gasteiger partial charge < -0.3 is 32.7 Å². The van der Waals surface area contributed by atoms with Crippen LogP contribution in [0.25, 0.3) is 0 Å². The highest BCUT2D eigenvalue weighted by Crippen LogP contribution is 2.49. The van der Waals surface area contributed by atoms with E-state index in [1.54, 1.807) is 13.8 Å². The minimum Gasteiger partial charge on any atom is -0.370 e. The van der Waals surface area contributed by atoms with Gasteiger partial charge in [-0.3, -0.25) is 4.57 Å². The molecule has 2 aliphatic rings. The molecule has 4 atom stereocenters. The number of fused-ring (bicyclic) bond motifs is 1. The molecule has 0 bridgehead atoms. The molecule has 0 amide bonds. The summed E-state index contributed by atoms with van der Waals surface area (Å²) in [6, 6.07) is 0. The van der Waals surface area contributed by atoms with Crippen molar-refractivity contribution in [3.63, 3.8) is 0 Å². The lowest BCUT2D eigenvalue weighted by Crippen LogP contribution is -2.38. The van der Waals surface area contributed by atoms with Gasteiger partial charge >= 0.3 is 7.60 Å². The second-order valence-electron chi connectivity index (χ2n) is 6.40. The van der Waals surface area contributed by atoms with Crippen LogP contribution in [0.15, 0.2) is 0 Å². The summed E-state index contributed by atoms with van der Waals surface area (Å²) in [5.74, 6) is -0.737. The van der Waals surface area contributed by atoms with Crippen LogP contribution in [0.2, 0.25) is 0 Å². The molecule has 2 aliphatic heterocycles. The van der Waals surface area contributed by atoms with Crippen molar-refractivity contribution < 1.29 is 37.3 Å². The Balaban J connectivity index is 1.99. The zero-order valence-corrected chi connectivity index (χ0v) is 16.7. The summed E-state index contributed by atoms with van der Waals surface area (Å²) in [6.45, 7) is 10.3. The van der Waals surface area contributed by atoms with Crippen LogP contribution < -0.4 is 0 Å². The van der Waals surface area contributed by atoms with Crippen molar-refractivity contribution in [3.8, 4) is 0 Å². The third-order valence-electron chi connectivity index (χ3n) is 3.81. The number of hydrogen-bond donors (Lipinski definition) is 0. The van der Waals surface area contributed by atoms with Crippen molar-refractivity contribution in [2.24, 2.45) is 0 Å². The average Bonchev–Trinajstić information content (AvgIpc) is 2.98. The minimum atomic E-state index is -3.32. The first-order valence-corrected chi connectivity index (χ1v) is 10.7. The molecule has 0 aromatic heterocycles. The minimum absolute atomic E-state index is 0.212. The smallest absolute Gasteiger partial charge is 0.356 e. The summed E-state index contributed by atoms with van der Waals surface area (Å²) in [5, 5.41) is 0. The molecule has 0 spiro atoms. The molecule has 8 nitrogen and oxygen atoms in total. The van der Waals surface area contributed by atoms with E-state index >= 15 is 0 Å². The van der Waals surface area contributed by atoms with Gasteiger partial charge in [-0.1, -0.05) is 13.3 Å². The fraction of sp³-hybridized carbons (Fsp3) is 1.00. The summed E-state index contributed by atoms with van der Waals surface area (Å²) in [6.07, 6.45) is -0.468. The third-order valence-corrected chi connectivity index (χ3v) is 5.57. The largest absolute Gasteiger partial charge is 0.370 e. The summed E-state index contributed by atoms with van der Waals surface area (Å²) in [4.78, 5) is 0. The molecule has 1 unspecified atom stereocenters. The Bertz CT molecular complexity index is 447. The molecular weight excluding hydrogens is 351 g/mol. The SMILES string of the molecule is CCCCOC1[C@@H](OCP(=O)(OCC)OCC)O[C@H]2OC(C)(C)O[C@@H]12. The van der Waals surface area contributed by atoms with E-state index < -0.39 is 38.2 Å². The van der Waals surface area contributed by atoms with Crippen molar-refractivity contribution in [1.29, 1.82) is 0 Å². The van der Waals surface area contributed by atoms with Crippen molar-refractivity contribution >= 4 is 7.60 Å². The first-order valence-electron chi connectivity index (χ1n) is 8.96. The number of rotatable bonds is 11. The molecule has 2 saturated heterocycles. The van der Waals surface area contributed by atoms with Crippen molar-refractivity contribution in [2.75, 3.05) is 26.2 Å². The molecule has 0 radical (unpaired) electrons. The number of unbranched alkanes of at least 4 members (excludes halogenated alkanes) is 1. The first-order chi connectivity index (χ1) is 11.8.